The second-order valence-electron chi connectivity index (χ2n) is 4.16. The molecule has 86 valence electrons. The van der Waals surface area contributed by atoms with Crippen molar-refractivity contribution in [1.29, 1.82) is 0 Å². The summed E-state index contributed by atoms with van der Waals surface area (Å²) in [5.41, 5.74) is 1.82. The lowest BCUT2D eigenvalue weighted by molar-refractivity contribution is 0.101. The van der Waals surface area contributed by atoms with E-state index in [-0.39, 0.29) is 5.78 Å². The third kappa shape index (κ3) is 2.87. The number of nitrogens with one attached hydrogen (secondary N) is 1. The van der Waals surface area contributed by atoms with Gasteiger partial charge in [-0.2, -0.15) is 0 Å². The Balaban J connectivity index is 2.02. The average Bonchev–Trinajstić information content (AvgIpc) is 2.30. The molecular weight excluding hydrogens is 202 g/mol. The number of aromatic nitrogens is 1. The molecule has 0 spiro atoms. The molecule has 1 fully saturated rings. The fraction of sp³-hybridized carbons (Fsp3) is 0.500. The van der Waals surface area contributed by atoms with Crippen LogP contribution in [-0.4, -0.2) is 41.8 Å². The molecular formula is C12H17N3O. The summed E-state index contributed by atoms with van der Waals surface area (Å²) in [6.45, 7) is 6.66. The number of carbonyl (C=O) groups excluding carboxylic acids is 1. The predicted octanol–water partition coefficient (Wildman–Crippen LogP) is 0.689. The highest BCUT2D eigenvalue weighted by molar-refractivity contribution is 5.93. The zero-order valence-electron chi connectivity index (χ0n) is 9.57. The van der Waals surface area contributed by atoms with Gasteiger partial charge < -0.3 is 5.32 Å². The first kappa shape index (κ1) is 11.2. The first-order chi connectivity index (χ1) is 7.75. The molecule has 0 aromatic carbocycles. The second-order valence-corrected chi connectivity index (χ2v) is 4.16. The zero-order chi connectivity index (χ0) is 11.4. The molecule has 2 heterocycles. The van der Waals surface area contributed by atoms with E-state index in [1.807, 2.05) is 12.3 Å². The van der Waals surface area contributed by atoms with Gasteiger partial charge in [0.25, 0.3) is 0 Å². The van der Waals surface area contributed by atoms with Gasteiger partial charge >= 0.3 is 0 Å². The number of carbonyl (C=O) groups is 1. The Hall–Kier alpha value is -1.26. The molecule has 0 amide bonds. The molecule has 0 saturated carbocycles. The lowest BCUT2D eigenvalue weighted by atomic mass is 10.1. The summed E-state index contributed by atoms with van der Waals surface area (Å²) in [7, 11) is 0. The maximum atomic E-state index is 11.2. The van der Waals surface area contributed by atoms with Crippen LogP contribution in [0.2, 0.25) is 0 Å². The number of pyridine rings is 1. The predicted molar refractivity (Wildman–Crippen MR) is 62.4 cm³/mol. The number of Topliss-reactive ketones (excluding diaryl/α,β-unsaturated/α-hetero) is 1. The molecule has 0 bridgehead atoms. The van der Waals surface area contributed by atoms with Crippen LogP contribution in [0.5, 0.6) is 0 Å². The van der Waals surface area contributed by atoms with Crippen molar-refractivity contribution in [1.82, 2.24) is 15.2 Å². The van der Waals surface area contributed by atoms with Crippen molar-refractivity contribution < 1.29 is 4.79 Å². The van der Waals surface area contributed by atoms with Crippen molar-refractivity contribution in [2.75, 3.05) is 26.2 Å². The maximum absolute atomic E-state index is 11.2. The molecule has 1 saturated heterocycles. The molecule has 4 heteroatoms. The average molecular weight is 219 g/mol. The molecule has 0 atom stereocenters. The quantitative estimate of drug-likeness (QED) is 0.760. The second kappa shape index (κ2) is 5.18. The molecule has 1 aromatic rings. The van der Waals surface area contributed by atoms with E-state index >= 15 is 0 Å². The Morgan fingerprint density at radius 3 is 2.88 bits per heavy atom. The van der Waals surface area contributed by atoms with Gasteiger partial charge in [0.2, 0.25) is 0 Å². The number of hydrogen-bond acceptors (Lipinski definition) is 4. The van der Waals surface area contributed by atoms with Gasteiger partial charge in [-0.3, -0.25) is 14.7 Å². The van der Waals surface area contributed by atoms with Crippen LogP contribution in [0.3, 0.4) is 0 Å². The molecule has 0 unspecified atom stereocenters. The fourth-order valence-electron chi connectivity index (χ4n) is 1.89. The summed E-state index contributed by atoms with van der Waals surface area (Å²) < 4.78 is 0. The molecule has 1 aliphatic heterocycles. The Kier molecular flexibility index (Phi) is 3.64. The van der Waals surface area contributed by atoms with Gasteiger partial charge in [0.05, 0.1) is 0 Å². The molecule has 0 radical (unpaired) electrons. The smallest absolute Gasteiger partial charge is 0.161 e. The van der Waals surface area contributed by atoms with Gasteiger partial charge in [-0.1, -0.05) is 0 Å². The Morgan fingerprint density at radius 2 is 2.19 bits per heavy atom. The number of piperazine rings is 1. The van der Waals surface area contributed by atoms with Crippen LogP contribution < -0.4 is 5.32 Å². The Labute approximate surface area is 95.7 Å². The van der Waals surface area contributed by atoms with E-state index in [4.69, 9.17) is 0 Å². The third-order valence-electron chi connectivity index (χ3n) is 2.82. The van der Waals surface area contributed by atoms with E-state index in [2.05, 4.69) is 15.2 Å². The fourth-order valence-corrected chi connectivity index (χ4v) is 1.89. The van der Waals surface area contributed by atoms with E-state index in [0.717, 1.165) is 38.3 Å². The SMILES string of the molecule is CC(=O)c1cncc(CN2CCNCC2)c1. The van der Waals surface area contributed by atoms with Crippen molar-refractivity contribution in [3.63, 3.8) is 0 Å². The monoisotopic (exact) mass is 219 g/mol. The Bertz CT molecular complexity index is 372. The highest BCUT2D eigenvalue weighted by Crippen LogP contribution is 2.07. The van der Waals surface area contributed by atoms with Crippen molar-refractivity contribution >= 4 is 5.78 Å². The third-order valence-corrected chi connectivity index (χ3v) is 2.82. The first-order valence-corrected chi connectivity index (χ1v) is 5.63. The topological polar surface area (TPSA) is 45.2 Å². The summed E-state index contributed by atoms with van der Waals surface area (Å²) in [5, 5.41) is 3.32. The van der Waals surface area contributed by atoms with E-state index in [0.29, 0.717) is 5.56 Å². The largest absolute Gasteiger partial charge is 0.314 e. The van der Waals surface area contributed by atoms with Crippen LogP contribution in [0, 0.1) is 0 Å². The van der Waals surface area contributed by atoms with E-state index in [1.54, 1.807) is 13.1 Å². The lowest BCUT2D eigenvalue weighted by Crippen LogP contribution is -2.42. The van der Waals surface area contributed by atoms with Crippen molar-refractivity contribution in [3.8, 4) is 0 Å². The standard InChI is InChI=1S/C12H17N3O/c1-10(16)12-6-11(7-14-8-12)9-15-4-2-13-3-5-15/h6-8,13H,2-5,9H2,1H3. The van der Waals surface area contributed by atoms with Gasteiger partial charge in [0, 0.05) is 50.7 Å². The first-order valence-electron chi connectivity index (χ1n) is 5.63. The summed E-state index contributed by atoms with van der Waals surface area (Å²) in [6, 6.07) is 1.94. The molecule has 0 aliphatic carbocycles. The Morgan fingerprint density at radius 1 is 1.44 bits per heavy atom. The van der Waals surface area contributed by atoms with Crippen molar-refractivity contribution in [2.45, 2.75) is 13.5 Å². The zero-order valence-corrected chi connectivity index (χ0v) is 9.57. The minimum Gasteiger partial charge on any atom is -0.314 e. The van der Waals surface area contributed by atoms with Crippen LogP contribution in [0.25, 0.3) is 0 Å². The lowest BCUT2D eigenvalue weighted by Gasteiger charge is -2.27. The van der Waals surface area contributed by atoms with E-state index in [1.165, 1.54) is 0 Å². The number of nitrogens with zero attached hydrogens (tertiary/aromatic N) is 2. The van der Waals surface area contributed by atoms with Crippen LogP contribution in [0.1, 0.15) is 22.8 Å². The molecule has 4 nitrogen and oxygen atoms in total. The normalized spacial score (nSPS) is 17.3. The maximum Gasteiger partial charge on any atom is 0.161 e. The highest BCUT2D eigenvalue weighted by Gasteiger charge is 2.10. The summed E-state index contributed by atoms with van der Waals surface area (Å²) in [6.07, 6.45) is 3.47. The van der Waals surface area contributed by atoms with Gasteiger partial charge in [-0.25, -0.2) is 0 Å². The van der Waals surface area contributed by atoms with E-state index < -0.39 is 0 Å². The van der Waals surface area contributed by atoms with Crippen LogP contribution in [0.15, 0.2) is 18.5 Å². The van der Waals surface area contributed by atoms with Crippen molar-refractivity contribution in [3.05, 3.63) is 29.6 Å². The molecule has 1 aliphatic rings. The molecule has 1 aromatic heterocycles. The van der Waals surface area contributed by atoms with Gasteiger partial charge in [0.1, 0.15) is 0 Å². The van der Waals surface area contributed by atoms with Gasteiger partial charge in [-0.15, -0.1) is 0 Å². The van der Waals surface area contributed by atoms with Crippen molar-refractivity contribution in [2.24, 2.45) is 0 Å². The van der Waals surface area contributed by atoms with Gasteiger partial charge in [-0.05, 0) is 18.6 Å². The number of ketones is 1. The number of rotatable bonds is 3. The molecule has 2 rings (SSSR count). The number of hydrogen-bond donors (Lipinski definition) is 1. The van der Waals surface area contributed by atoms with Crippen LogP contribution in [-0.2, 0) is 6.54 Å². The van der Waals surface area contributed by atoms with Gasteiger partial charge in [0.15, 0.2) is 5.78 Å². The van der Waals surface area contributed by atoms with Crippen LogP contribution >= 0.6 is 0 Å². The summed E-state index contributed by atoms with van der Waals surface area (Å²) in [4.78, 5) is 17.7. The van der Waals surface area contributed by atoms with E-state index in [9.17, 15) is 4.79 Å². The summed E-state index contributed by atoms with van der Waals surface area (Å²) >= 11 is 0. The summed E-state index contributed by atoms with van der Waals surface area (Å²) in [5.74, 6) is 0.0784. The highest BCUT2D eigenvalue weighted by atomic mass is 16.1. The van der Waals surface area contributed by atoms with Crippen LogP contribution in [0.4, 0.5) is 0 Å². The minimum atomic E-state index is 0.0784. The molecule has 1 N–H and O–H groups in total. The minimum absolute atomic E-state index is 0.0784. The molecule has 16 heavy (non-hydrogen) atoms.